The summed E-state index contributed by atoms with van der Waals surface area (Å²) >= 11 is 0. The Bertz CT molecular complexity index is 907. The molecule has 0 aromatic rings. The first-order chi connectivity index (χ1) is 19.2. The molecule has 0 N–H and O–H groups in total. The standard InChI is InChI=1S/C30H36.2C4H8O.Ca/c1-17(2)23-12-9-19(5)25-14-11-21(7)29(25)30(23)28-15-22(8)24-13-10-20(6)27(24)16-26(28)18(3)4;2*1-2-4-5-3-1;/h9-18,28,30H,1-8H3;2*1-4H2;/q;;;+2. The molecule has 2 saturated heterocycles. The van der Waals surface area contributed by atoms with Gasteiger partial charge < -0.3 is 9.47 Å². The van der Waals surface area contributed by atoms with Gasteiger partial charge in [0.1, 0.15) is 0 Å². The zero-order valence-corrected chi connectivity index (χ0v) is 29.3. The van der Waals surface area contributed by atoms with Crippen LogP contribution in [0.4, 0.5) is 0 Å². The molecule has 2 aliphatic heterocycles. The number of allylic oxidation sites excluding steroid dienone is 8. The average Bonchev–Trinajstić information content (AvgIpc) is 3.73. The Morgan fingerprint density at radius 2 is 1.15 bits per heavy atom. The second-order valence-electron chi connectivity index (χ2n) is 12.6. The summed E-state index contributed by atoms with van der Waals surface area (Å²) in [5.41, 5.74) is 5.92. The molecular formula is C38H52CaO2+2. The minimum absolute atomic E-state index is 0. The van der Waals surface area contributed by atoms with E-state index in [9.17, 15) is 0 Å². The smallest absolute Gasteiger partial charge is 0.381 e. The summed E-state index contributed by atoms with van der Waals surface area (Å²) in [7, 11) is 0. The second-order valence-corrected chi connectivity index (χ2v) is 12.6. The van der Waals surface area contributed by atoms with Gasteiger partial charge in [-0.3, -0.25) is 0 Å². The number of hydrogen-bond acceptors (Lipinski definition) is 2. The Morgan fingerprint density at radius 1 is 0.610 bits per heavy atom. The zero-order valence-electron chi connectivity index (χ0n) is 27.1. The van der Waals surface area contributed by atoms with Crippen LogP contribution in [0.25, 0.3) is 0 Å². The fourth-order valence-electron chi connectivity index (χ4n) is 6.59. The van der Waals surface area contributed by atoms with Crippen molar-refractivity contribution in [2.75, 3.05) is 26.4 Å². The largest absolute Gasteiger partial charge is 2.00 e. The van der Waals surface area contributed by atoms with Gasteiger partial charge in [0.2, 0.25) is 0 Å². The van der Waals surface area contributed by atoms with Crippen LogP contribution in [0.3, 0.4) is 0 Å². The van der Waals surface area contributed by atoms with Gasteiger partial charge in [0.25, 0.3) is 0 Å². The predicted molar refractivity (Wildman–Crippen MR) is 174 cm³/mol. The Morgan fingerprint density at radius 3 is 1.66 bits per heavy atom. The van der Waals surface area contributed by atoms with E-state index in [0.29, 0.717) is 23.7 Å². The molecule has 0 bridgehead atoms. The van der Waals surface area contributed by atoms with Crippen molar-refractivity contribution in [3.8, 4) is 0 Å². The van der Waals surface area contributed by atoms with Crippen LogP contribution in [0.15, 0.2) is 46.6 Å². The second kappa shape index (κ2) is 17.0. The topological polar surface area (TPSA) is 18.5 Å². The first kappa shape index (κ1) is 35.6. The maximum atomic E-state index is 4.94. The van der Waals surface area contributed by atoms with Gasteiger partial charge >= 0.3 is 37.7 Å². The Kier molecular flexibility index (Phi) is 14.8. The average molecular weight is 581 g/mol. The fourth-order valence-corrected chi connectivity index (χ4v) is 6.59. The predicted octanol–water partition coefficient (Wildman–Crippen LogP) is 8.85. The van der Waals surface area contributed by atoms with Crippen molar-refractivity contribution < 1.29 is 9.47 Å². The van der Waals surface area contributed by atoms with Crippen molar-refractivity contribution in [1.82, 2.24) is 0 Å². The summed E-state index contributed by atoms with van der Waals surface area (Å²) in [6, 6.07) is 0. The Balaban J connectivity index is 0.000000352. The van der Waals surface area contributed by atoms with E-state index in [2.05, 4.69) is 105 Å². The molecule has 4 aliphatic carbocycles. The van der Waals surface area contributed by atoms with Crippen molar-refractivity contribution in [2.45, 2.75) is 81.1 Å². The third-order valence-electron chi connectivity index (χ3n) is 8.95. The first-order valence-electron chi connectivity index (χ1n) is 15.7. The quantitative estimate of drug-likeness (QED) is 0.311. The minimum atomic E-state index is 0. The van der Waals surface area contributed by atoms with E-state index in [-0.39, 0.29) is 37.7 Å². The van der Waals surface area contributed by atoms with Crippen LogP contribution >= 0.6 is 0 Å². The van der Waals surface area contributed by atoms with Crippen molar-refractivity contribution >= 4 is 37.7 Å². The molecule has 6 rings (SSSR count). The van der Waals surface area contributed by atoms with Crippen molar-refractivity contribution in [2.24, 2.45) is 23.7 Å². The number of hydrogen-bond donors (Lipinski definition) is 0. The molecule has 216 valence electrons. The van der Waals surface area contributed by atoms with E-state index in [1.807, 2.05) is 0 Å². The van der Waals surface area contributed by atoms with Gasteiger partial charge in [0.05, 0.1) is 0 Å². The molecule has 3 heteroatoms. The molecule has 2 heterocycles. The fraction of sp³-hybridized carbons (Fsp3) is 0.526. The van der Waals surface area contributed by atoms with E-state index in [1.165, 1.54) is 66.4 Å². The molecule has 0 aromatic heterocycles. The molecule has 2 nitrogen and oxygen atoms in total. The van der Waals surface area contributed by atoms with Crippen molar-refractivity contribution in [3.63, 3.8) is 0 Å². The third-order valence-corrected chi connectivity index (χ3v) is 8.95. The van der Waals surface area contributed by atoms with E-state index in [0.717, 1.165) is 26.4 Å². The van der Waals surface area contributed by atoms with Crippen LogP contribution in [0, 0.1) is 84.9 Å². The summed E-state index contributed by atoms with van der Waals surface area (Å²) in [6.45, 7) is 22.6. The molecule has 2 saturated carbocycles. The molecule has 0 spiro atoms. The van der Waals surface area contributed by atoms with E-state index >= 15 is 0 Å². The van der Waals surface area contributed by atoms with Gasteiger partial charge in [-0.2, -0.15) is 0 Å². The van der Waals surface area contributed by atoms with Crippen LogP contribution < -0.4 is 0 Å². The molecule has 0 amide bonds. The van der Waals surface area contributed by atoms with Crippen molar-refractivity contribution in [1.29, 1.82) is 0 Å². The molecule has 6 aliphatic rings. The Labute approximate surface area is 284 Å². The minimum Gasteiger partial charge on any atom is -0.381 e. The number of ether oxygens (including phenoxy) is 2. The maximum absolute atomic E-state index is 4.94. The normalized spacial score (nSPS) is 28.3. The van der Waals surface area contributed by atoms with Crippen LogP contribution in [0.5, 0.6) is 0 Å². The molecule has 41 heavy (non-hydrogen) atoms. The summed E-state index contributed by atoms with van der Waals surface area (Å²) in [4.78, 5) is 0. The van der Waals surface area contributed by atoms with Gasteiger partial charge in [0.15, 0.2) is 0 Å². The van der Waals surface area contributed by atoms with Gasteiger partial charge in [-0.15, -0.1) is 0 Å². The maximum Gasteiger partial charge on any atom is 2.00 e. The van der Waals surface area contributed by atoms with Crippen LogP contribution in [-0.4, -0.2) is 64.2 Å². The summed E-state index contributed by atoms with van der Waals surface area (Å²) in [6.07, 6.45) is 24.2. The summed E-state index contributed by atoms with van der Waals surface area (Å²) in [5.74, 6) is 10.4. The van der Waals surface area contributed by atoms with Gasteiger partial charge in [-0.25, -0.2) is 0 Å². The summed E-state index contributed by atoms with van der Waals surface area (Å²) < 4.78 is 9.89. The van der Waals surface area contributed by atoms with Crippen LogP contribution in [0.1, 0.15) is 81.1 Å². The Hall–Kier alpha value is 0.140. The third kappa shape index (κ3) is 8.87. The summed E-state index contributed by atoms with van der Waals surface area (Å²) in [5, 5.41) is 0. The molecule has 4 fully saturated rings. The van der Waals surface area contributed by atoms with Gasteiger partial charge in [-0.05, 0) is 94.8 Å². The first-order valence-corrected chi connectivity index (χ1v) is 15.7. The van der Waals surface area contributed by atoms with E-state index in [1.54, 1.807) is 17.1 Å². The van der Waals surface area contributed by atoms with Gasteiger partial charge in [-0.1, -0.05) is 88.1 Å². The monoisotopic (exact) mass is 580 g/mol. The molecule has 2 atom stereocenters. The zero-order chi connectivity index (χ0) is 28.8. The van der Waals surface area contributed by atoms with E-state index < -0.39 is 0 Å². The molecule has 0 aromatic carbocycles. The molecule has 2 unspecified atom stereocenters. The van der Waals surface area contributed by atoms with Crippen LogP contribution in [-0.2, 0) is 9.47 Å². The van der Waals surface area contributed by atoms with Gasteiger partial charge in [0, 0.05) is 56.0 Å². The molecular weight excluding hydrogens is 528 g/mol. The van der Waals surface area contributed by atoms with Crippen LogP contribution in [0.2, 0.25) is 0 Å². The van der Waals surface area contributed by atoms with Crippen molar-refractivity contribution in [3.05, 3.63) is 108 Å². The number of rotatable bonds is 3. The molecule has 10 radical (unpaired) electrons. The SMILES string of the molecule is C1CCOC1.C1CCOC1.C[C]1[CH][CH][C]2[C]1C=C(C(C)C)C(C1[C]3[C](C)[CH][CH][C]3C(C)=CC=C1C(C)C)C=C2C.[Ca+2]. The number of fused-ring (bicyclic) bond motifs is 2. The van der Waals surface area contributed by atoms with E-state index in [4.69, 9.17) is 9.47 Å².